The van der Waals surface area contributed by atoms with Crippen LogP contribution < -0.4 is 14.8 Å². The predicted octanol–water partition coefficient (Wildman–Crippen LogP) is 3.30. The lowest BCUT2D eigenvalue weighted by Crippen LogP contribution is -2.14. The number of methoxy groups -OCH3 is 2. The van der Waals surface area contributed by atoms with E-state index in [1.165, 1.54) is 26.4 Å². The predicted molar refractivity (Wildman–Crippen MR) is 88.8 cm³/mol. The molecule has 0 aliphatic rings. The summed E-state index contributed by atoms with van der Waals surface area (Å²) in [5.74, 6) is 0.228. The summed E-state index contributed by atoms with van der Waals surface area (Å²) in [7, 11) is 3.04. The van der Waals surface area contributed by atoms with Crippen LogP contribution >= 0.6 is 0 Å². The van der Waals surface area contributed by atoms with E-state index in [1.54, 1.807) is 30.3 Å². The molecule has 1 amide bonds. The van der Waals surface area contributed by atoms with Crippen LogP contribution in [0.1, 0.15) is 24.5 Å². The molecule has 2 aromatic rings. The first-order chi connectivity index (χ1) is 11.5. The van der Waals surface area contributed by atoms with Gasteiger partial charge in [-0.25, -0.2) is 4.39 Å². The number of ether oxygens (including phenoxy) is 2. The number of nitrogens with one attached hydrogen (secondary N) is 1. The van der Waals surface area contributed by atoms with E-state index < -0.39 is 11.9 Å². The summed E-state index contributed by atoms with van der Waals surface area (Å²) in [6.45, 7) is 0. The van der Waals surface area contributed by atoms with Gasteiger partial charge < -0.3 is 19.9 Å². The standard InChI is InChI=1S/C18H20FNO4/c1-23-12-7-8-13(17(11-12)24-2)16(21)9-10-18(22)20-15-6-4-3-5-14(15)19/h3-8,11,16,21H,9-10H2,1-2H3,(H,20,22). The number of amides is 1. The second-order valence-corrected chi connectivity index (χ2v) is 5.19. The van der Waals surface area contributed by atoms with Gasteiger partial charge >= 0.3 is 0 Å². The Bertz CT molecular complexity index is 705. The SMILES string of the molecule is COc1ccc(C(O)CCC(=O)Nc2ccccc2F)c(OC)c1. The number of carbonyl (C=O) groups is 1. The quantitative estimate of drug-likeness (QED) is 0.816. The molecule has 0 bridgehead atoms. The van der Waals surface area contributed by atoms with Crippen molar-refractivity contribution >= 4 is 11.6 Å². The van der Waals surface area contributed by atoms with E-state index in [4.69, 9.17) is 9.47 Å². The van der Waals surface area contributed by atoms with Crippen molar-refractivity contribution in [3.63, 3.8) is 0 Å². The fraction of sp³-hybridized carbons (Fsp3) is 0.278. The Kier molecular flexibility index (Phi) is 6.14. The van der Waals surface area contributed by atoms with E-state index in [-0.39, 0.29) is 24.4 Å². The number of benzene rings is 2. The maximum absolute atomic E-state index is 13.5. The monoisotopic (exact) mass is 333 g/mol. The Morgan fingerprint density at radius 3 is 2.62 bits per heavy atom. The summed E-state index contributed by atoms with van der Waals surface area (Å²) in [6, 6.07) is 11.0. The molecule has 2 rings (SSSR count). The third-order valence-electron chi connectivity index (χ3n) is 3.59. The maximum Gasteiger partial charge on any atom is 0.224 e. The molecule has 0 fully saturated rings. The Morgan fingerprint density at radius 1 is 1.21 bits per heavy atom. The number of carbonyl (C=O) groups excluding carboxylic acids is 1. The lowest BCUT2D eigenvalue weighted by Gasteiger charge is -2.15. The van der Waals surface area contributed by atoms with Gasteiger partial charge in [0, 0.05) is 18.1 Å². The molecule has 24 heavy (non-hydrogen) atoms. The van der Waals surface area contributed by atoms with Gasteiger partial charge in [-0.1, -0.05) is 12.1 Å². The molecule has 1 unspecified atom stereocenters. The van der Waals surface area contributed by atoms with E-state index >= 15 is 0 Å². The minimum Gasteiger partial charge on any atom is -0.497 e. The number of anilines is 1. The molecule has 0 radical (unpaired) electrons. The summed E-state index contributed by atoms with van der Waals surface area (Å²) in [5, 5.41) is 12.8. The highest BCUT2D eigenvalue weighted by atomic mass is 19.1. The molecular formula is C18H20FNO4. The number of hydrogen-bond donors (Lipinski definition) is 2. The van der Waals surface area contributed by atoms with Crippen LogP contribution in [0.2, 0.25) is 0 Å². The van der Waals surface area contributed by atoms with Crippen molar-refractivity contribution in [2.45, 2.75) is 18.9 Å². The number of aliphatic hydroxyl groups excluding tert-OH is 1. The van der Waals surface area contributed by atoms with Crippen molar-refractivity contribution in [3.8, 4) is 11.5 Å². The molecule has 0 aromatic heterocycles. The topological polar surface area (TPSA) is 67.8 Å². The van der Waals surface area contributed by atoms with Gasteiger partial charge in [0.05, 0.1) is 26.0 Å². The van der Waals surface area contributed by atoms with Gasteiger partial charge in [-0.3, -0.25) is 4.79 Å². The van der Waals surface area contributed by atoms with Gasteiger partial charge in [0.15, 0.2) is 0 Å². The van der Waals surface area contributed by atoms with Crippen LogP contribution in [0.15, 0.2) is 42.5 Å². The van der Waals surface area contributed by atoms with Crippen LogP contribution in [0, 0.1) is 5.82 Å². The summed E-state index contributed by atoms with van der Waals surface area (Å²) in [6.07, 6.45) is -0.648. The first-order valence-electron chi connectivity index (χ1n) is 7.49. The van der Waals surface area contributed by atoms with Crippen molar-refractivity contribution in [2.24, 2.45) is 0 Å². The highest BCUT2D eigenvalue weighted by Gasteiger charge is 2.16. The van der Waals surface area contributed by atoms with Gasteiger partial charge in [0.25, 0.3) is 0 Å². The average molecular weight is 333 g/mol. The smallest absolute Gasteiger partial charge is 0.224 e. The zero-order valence-electron chi connectivity index (χ0n) is 13.6. The molecule has 1 atom stereocenters. The summed E-state index contributed by atoms with van der Waals surface area (Å²) in [5.41, 5.74) is 0.691. The third-order valence-corrected chi connectivity index (χ3v) is 3.59. The zero-order valence-corrected chi connectivity index (χ0v) is 13.6. The molecule has 0 aliphatic carbocycles. The van der Waals surface area contributed by atoms with Crippen LogP contribution in [-0.4, -0.2) is 25.2 Å². The largest absolute Gasteiger partial charge is 0.497 e. The highest BCUT2D eigenvalue weighted by Crippen LogP contribution is 2.31. The van der Waals surface area contributed by atoms with E-state index in [1.807, 2.05) is 0 Å². The Balaban J connectivity index is 1.96. The van der Waals surface area contributed by atoms with Crippen LogP contribution in [0.4, 0.5) is 10.1 Å². The number of para-hydroxylation sites is 1. The van der Waals surface area contributed by atoms with Gasteiger partial charge in [-0.05, 0) is 30.7 Å². The molecular weight excluding hydrogens is 313 g/mol. The van der Waals surface area contributed by atoms with E-state index in [0.29, 0.717) is 17.1 Å². The second-order valence-electron chi connectivity index (χ2n) is 5.19. The molecule has 128 valence electrons. The first-order valence-corrected chi connectivity index (χ1v) is 7.49. The van der Waals surface area contributed by atoms with Crippen molar-refractivity contribution in [1.82, 2.24) is 0 Å². The first kappa shape index (κ1) is 17.7. The molecule has 0 heterocycles. The van der Waals surface area contributed by atoms with E-state index in [2.05, 4.69) is 5.32 Å². The summed E-state index contributed by atoms with van der Waals surface area (Å²) >= 11 is 0. The Morgan fingerprint density at radius 2 is 1.96 bits per heavy atom. The van der Waals surface area contributed by atoms with Crippen LogP contribution in [0.3, 0.4) is 0 Å². The molecule has 0 spiro atoms. The van der Waals surface area contributed by atoms with E-state index in [9.17, 15) is 14.3 Å². The molecule has 6 heteroatoms. The zero-order chi connectivity index (χ0) is 17.5. The van der Waals surface area contributed by atoms with Crippen LogP contribution in [0.25, 0.3) is 0 Å². The minimum atomic E-state index is -0.878. The van der Waals surface area contributed by atoms with Crippen LogP contribution in [0.5, 0.6) is 11.5 Å². The fourth-order valence-corrected chi connectivity index (χ4v) is 2.29. The second kappa shape index (κ2) is 8.31. The number of aliphatic hydroxyl groups is 1. The Labute approximate surface area is 140 Å². The minimum absolute atomic E-state index is 0.0463. The number of halogens is 1. The van der Waals surface area contributed by atoms with Gasteiger partial charge in [-0.2, -0.15) is 0 Å². The maximum atomic E-state index is 13.5. The highest BCUT2D eigenvalue weighted by molar-refractivity contribution is 5.90. The molecule has 0 saturated heterocycles. The number of hydrogen-bond acceptors (Lipinski definition) is 4. The van der Waals surface area contributed by atoms with Gasteiger partial charge in [0.1, 0.15) is 17.3 Å². The normalized spacial score (nSPS) is 11.7. The fourth-order valence-electron chi connectivity index (χ4n) is 2.29. The van der Waals surface area contributed by atoms with E-state index in [0.717, 1.165) is 0 Å². The molecule has 5 nitrogen and oxygen atoms in total. The van der Waals surface area contributed by atoms with Gasteiger partial charge in [0.2, 0.25) is 5.91 Å². The van der Waals surface area contributed by atoms with Crippen molar-refractivity contribution in [3.05, 3.63) is 53.8 Å². The average Bonchev–Trinajstić information content (AvgIpc) is 2.61. The lowest BCUT2D eigenvalue weighted by atomic mass is 10.0. The van der Waals surface area contributed by atoms with Crippen molar-refractivity contribution in [2.75, 3.05) is 19.5 Å². The molecule has 2 aromatic carbocycles. The summed E-state index contributed by atoms with van der Waals surface area (Å²) < 4.78 is 23.8. The third kappa shape index (κ3) is 4.45. The molecule has 2 N–H and O–H groups in total. The molecule has 0 saturated carbocycles. The summed E-state index contributed by atoms with van der Waals surface area (Å²) in [4.78, 5) is 11.9. The molecule has 0 aliphatic heterocycles. The Hall–Kier alpha value is -2.60. The van der Waals surface area contributed by atoms with Crippen molar-refractivity contribution < 1.29 is 23.8 Å². The lowest BCUT2D eigenvalue weighted by molar-refractivity contribution is -0.116. The van der Waals surface area contributed by atoms with Gasteiger partial charge in [-0.15, -0.1) is 0 Å². The number of rotatable bonds is 7. The van der Waals surface area contributed by atoms with Crippen LogP contribution in [-0.2, 0) is 4.79 Å². The van der Waals surface area contributed by atoms with Crippen molar-refractivity contribution in [1.29, 1.82) is 0 Å².